The number of rotatable bonds is 5. The van der Waals surface area contributed by atoms with Crippen LogP contribution in [0.2, 0.25) is 0 Å². The summed E-state index contributed by atoms with van der Waals surface area (Å²) < 4.78 is 7.15. The number of carbonyl (C=O) groups excluding carboxylic acids is 2. The first-order chi connectivity index (χ1) is 12.1. The predicted octanol–water partition coefficient (Wildman–Crippen LogP) is 2.35. The van der Waals surface area contributed by atoms with Gasteiger partial charge in [0, 0.05) is 30.6 Å². The van der Waals surface area contributed by atoms with Crippen molar-refractivity contribution in [1.29, 1.82) is 0 Å². The molecule has 2 fully saturated rings. The van der Waals surface area contributed by atoms with Gasteiger partial charge in [-0.25, -0.2) is 9.48 Å². The number of aromatic nitrogens is 2. The standard InChI is InChI=1S/C19H21N3O3/c1-13-9-17(20-22(13)16-5-3-2-4-6-16)19(24)25-12-14-10-18(23)21(11-14)15-7-8-15/h2-6,9,14-15H,7-8,10-12H2,1H3/t14-/m1/s1. The molecular formula is C19H21N3O3. The van der Waals surface area contributed by atoms with Crippen LogP contribution < -0.4 is 0 Å². The first-order valence-electron chi connectivity index (χ1n) is 8.70. The van der Waals surface area contributed by atoms with Gasteiger partial charge in [0.2, 0.25) is 5.91 Å². The maximum absolute atomic E-state index is 12.3. The molecule has 1 aliphatic heterocycles. The van der Waals surface area contributed by atoms with Crippen molar-refractivity contribution in [2.75, 3.05) is 13.2 Å². The molecule has 25 heavy (non-hydrogen) atoms. The molecule has 2 heterocycles. The van der Waals surface area contributed by atoms with E-state index in [2.05, 4.69) is 5.10 Å². The van der Waals surface area contributed by atoms with E-state index in [0.717, 1.165) is 24.2 Å². The lowest BCUT2D eigenvalue weighted by molar-refractivity contribution is -0.128. The quantitative estimate of drug-likeness (QED) is 0.785. The van der Waals surface area contributed by atoms with Crippen molar-refractivity contribution in [2.45, 2.75) is 32.2 Å². The van der Waals surface area contributed by atoms with E-state index in [1.807, 2.05) is 42.2 Å². The van der Waals surface area contributed by atoms with Gasteiger partial charge in [0.15, 0.2) is 5.69 Å². The number of esters is 1. The summed E-state index contributed by atoms with van der Waals surface area (Å²) in [4.78, 5) is 26.2. The van der Waals surface area contributed by atoms with E-state index in [-0.39, 0.29) is 18.4 Å². The van der Waals surface area contributed by atoms with Crippen molar-refractivity contribution >= 4 is 11.9 Å². The second-order valence-electron chi connectivity index (χ2n) is 6.86. The molecule has 0 spiro atoms. The zero-order chi connectivity index (χ0) is 17.4. The van der Waals surface area contributed by atoms with E-state index in [9.17, 15) is 9.59 Å². The molecule has 6 heteroatoms. The maximum atomic E-state index is 12.3. The minimum absolute atomic E-state index is 0.0920. The van der Waals surface area contributed by atoms with E-state index in [4.69, 9.17) is 4.74 Å². The van der Waals surface area contributed by atoms with Gasteiger partial charge in [-0.1, -0.05) is 18.2 Å². The minimum atomic E-state index is -0.435. The number of amides is 1. The van der Waals surface area contributed by atoms with Crippen LogP contribution in [0.3, 0.4) is 0 Å². The summed E-state index contributed by atoms with van der Waals surface area (Å²) >= 11 is 0. The molecule has 1 atom stereocenters. The Morgan fingerprint density at radius 3 is 2.76 bits per heavy atom. The van der Waals surface area contributed by atoms with Crippen LogP contribution in [0.1, 0.15) is 35.4 Å². The van der Waals surface area contributed by atoms with Crippen LogP contribution >= 0.6 is 0 Å². The Labute approximate surface area is 146 Å². The molecule has 0 unspecified atom stereocenters. The molecular weight excluding hydrogens is 318 g/mol. The zero-order valence-corrected chi connectivity index (χ0v) is 14.2. The second-order valence-corrected chi connectivity index (χ2v) is 6.86. The fourth-order valence-corrected chi connectivity index (χ4v) is 3.33. The number of nitrogens with zero attached hydrogens (tertiary/aromatic N) is 3. The molecule has 4 rings (SSSR count). The summed E-state index contributed by atoms with van der Waals surface area (Å²) in [7, 11) is 0. The molecule has 6 nitrogen and oxygen atoms in total. The van der Waals surface area contributed by atoms with Crippen LogP contribution in [0.4, 0.5) is 0 Å². The number of para-hydroxylation sites is 1. The smallest absolute Gasteiger partial charge is 0.358 e. The molecule has 0 bridgehead atoms. The SMILES string of the molecule is Cc1cc(C(=O)OC[C@@H]2CC(=O)N(C3CC3)C2)nn1-c1ccccc1. The van der Waals surface area contributed by atoms with Gasteiger partial charge in [-0.2, -0.15) is 5.10 Å². The Bertz CT molecular complexity index is 796. The summed E-state index contributed by atoms with van der Waals surface area (Å²) in [5, 5.41) is 4.36. The number of hydrogen-bond donors (Lipinski definition) is 0. The van der Waals surface area contributed by atoms with Gasteiger partial charge >= 0.3 is 5.97 Å². The van der Waals surface area contributed by atoms with Crippen molar-refractivity contribution in [1.82, 2.24) is 14.7 Å². The van der Waals surface area contributed by atoms with Gasteiger partial charge in [0.1, 0.15) is 0 Å². The fourth-order valence-electron chi connectivity index (χ4n) is 3.33. The Morgan fingerprint density at radius 1 is 1.28 bits per heavy atom. The lowest BCUT2D eigenvalue weighted by Crippen LogP contribution is -2.28. The third-order valence-corrected chi connectivity index (χ3v) is 4.77. The average Bonchev–Trinajstić information content (AvgIpc) is 3.29. The van der Waals surface area contributed by atoms with Crippen LogP contribution in [-0.2, 0) is 9.53 Å². The molecule has 1 saturated heterocycles. The predicted molar refractivity (Wildman–Crippen MR) is 91.4 cm³/mol. The van der Waals surface area contributed by atoms with Crippen LogP contribution in [0.15, 0.2) is 36.4 Å². The maximum Gasteiger partial charge on any atom is 0.358 e. The van der Waals surface area contributed by atoms with Gasteiger partial charge in [-0.3, -0.25) is 4.79 Å². The molecule has 2 aromatic rings. The average molecular weight is 339 g/mol. The number of ether oxygens (including phenoxy) is 1. The largest absolute Gasteiger partial charge is 0.461 e. The first kappa shape index (κ1) is 15.9. The number of likely N-dealkylation sites (tertiary alicyclic amines) is 1. The second kappa shape index (κ2) is 6.35. The molecule has 130 valence electrons. The molecule has 1 amide bonds. The van der Waals surface area contributed by atoms with Gasteiger partial charge in [0.25, 0.3) is 0 Å². The number of aryl methyl sites for hydroxylation is 1. The highest BCUT2D eigenvalue weighted by molar-refractivity contribution is 5.87. The number of benzene rings is 1. The summed E-state index contributed by atoms with van der Waals surface area (Å²) in [5.74, 6) is -0.155. The van der Waals surface area contributed by atoms with E-state index in [0.29, 0.717) is 24.7 Å². The van der Waals surface area contributed by atoms with E-state index < -0.39 is 5.97 Å². The third kappa shape index (κ3) is 3.29. The Morgan fingerprint density at radius 2 is 2.04 bits per heavy atom. The summed E-state index contributed by atoms with van der Waals surface area (Å²) in [6, 6.07) is 11.8. The normalized spacial score (nSPS) is 20.1. The highest BCUT2D eigenvalue weighted by Crippen LogP contribution is 2.32. The lowest BCUT2D eigenvalue weighted by Gasteiger charge is -2.15. The lowest BCUT2D eigenvalue weighted by atomic mass is 10.1. The zero-order valence-electron chi connectivity index (χ0n) is 14.2. The molecule has 1 aromatic heterocycles. The van der Waals surface area contributed by atoms with Crippen molar-refractivity contribution in [2.24, 2.45) is 5.92 Å². The Hall–Kier alpha value is -2.63. The Balaban J connectivity index is 1.38. The summed E-state index contributed by atoms with van der Waals surface area (Å²) in [6.07, 6.45) is 2.68. The fraction of sp³-hybridized carbons (Fsp3) is 0.421. The molecule has 2 aliphatic rings. The molecule has 1 aromatic carbocycles. The van der Waals surface area contributed by atoms with Crippen molar-refractivity contribution in [3.05, 3.63) is 47.8 Å². The molecule has 0 radical (unpaired) electrons. The van der Waals surface area contributed by atoms with Gasteiger partial charge in [-0.15, -0.1) is 0 Å². The number of hydrogen-bond acceptors (Lipinski definition) is 4. The minimum Gasteiger partial charge on any atom is -0.461 e. The van der Waals surface area contributed by atoms with Gasteiger partial charge < -0.3 is 9.64 Å². The summed E-state index contributed by atoms with van der Waals surface area (Å²) in [5.41, 5.74) is 2.07. The monoisotopic (exact) mass is 339 g/mol. The highest BCUT2D eigenvalue weighted by atomic mass is 16.5. The highest BCUT2D eigenvalue weighted by Gasteiger charge is 2.39. The first-order valence-corrected chi connectivity index (χ1v) is 8.70. The van der Waals surface area contributed by atoms with Crippen molar-refractivity contribution in [3.8, 4) is 5.69 Å². The van der Waals surface area contributed by atoms with Gasteiger partial charge in [-0.05, 0) is 38.0 Å². The van der Waals surface area contributed by atoms with Crippen molar-refractivity contribution < 1.29 is 14.3 Å². The topological polar surface area (TPSA) is 64.4 Å². The van der Waals surface area contributed by atoms with Crippen LogP contribution in [0.5, 0.6) is 0 Å². The molecule has 0 N–H and O–H groups in total. The van der Waals surface area contributed by atoms with E-state index in [1.165, 1.54) is 0 Å². The van der Waals surface area contributed by atoms with E-state index in [1.54, 1.807) is 10.7 Å². The Kier molecular flexibility index (Phi) is 4.03. The third-order valence-electron chi connectivity index (χ3n) is 4.77. The van der Waals surface area contributed by atoms with Crippen LogP contribution in [0.25, 0.3) is 5.69 Å². The van der Waals surface area contributed by atoms with Crippen LogP contribution in [-0.4, -0.2) is 45.8 Å². The summed E-state index contributed by atoms with van der Waals surface area (Å²) in [6.45, 7) is 2.87. The molecule has 1 aliphatic carbocycles. The van der Waals surface area contributed by atoms with E-state index >= 15 is 0 Å². The number of carbonyl (C=O) groups is 2. The molecule has 1 saturated carbocycles. The van der Waals surface area contributed by atoms with Crippen LogP contribution in [0, 0.1) is 12.8 Å². The van der Waals surface area contributed by atoms with Gasteiger partial charge in [0.05, 0.1) is 12.3 Å². The van der Waals surface area contributed by atoms with Crippen molar-refractivity contribution in [3.63, 3.8) is 0 Å².